The number of hydrogen-bond acceptors (Lipinski definition) is 5. The van der Waals surface area contributed by atoms with Gasteiger partial charge in [-0.1, -0.05) is 12.1 Å². The third-order valence-electron chi connectivity index (χ3n) is 5.27. The lowest BCUT2D eigenvalue weighted by Crippen LogP contribution is -2.30. The number of benzene rings is 2. The van der Waals surface area contributed by atoms with Crippen LogP contribution in [0.1, 0.15) is 34.2 Å². The van der Waals surface area contributed by atoms with Gasteiger partial charge in [0.15, 0.2) is 0 Å². The Kier molecular flexibility index (Phi) is 3.98. The van der Waals surface area contributed by atoms with Gasteiger partial charge in [0.1, 0.15) is 5.01 Å². The number of rotatable bonds is 2. The molecule has 2 aromatic heterocycles. The predicted octanol–water partition coefficient (Wildman–Crippen LogP) is 3.52. The topological polar surface area (TPSA) is 68.1 Å². The molecule has 1 fully saturated rings. The van der Waals surface area contributed by atoms with Crippen LogP contribution in [0.3, 0.4) is 0 Å². The number of nitrogens with zero attached hydrogens (tertiary/aromatic N) is 4. The summed E-state index contributed by atoms with van der Waals surface area (Å²) in [5, 5.41) is 1.51. The van der Waals surface area contributed by atoms with Crippen LogP contribution in [0.5, 0.6) is 0 Å². The van der Waals surface area contributed by atoms with Crippen LogP contribution in [-0.2, 0) is 7.05 Å². The largest absolute Gasteiger partial charge is 0.329 e. The van der Waals surface area contributed by atoms with E-state index in [4.69, 9.17) is 4.98 Å². The molecule has 0 N–H and O–H groups in total. The van der Waals surface area contributed by atoms with Crippen LogP contribution in [0.2, 0.25) is 0 Å². The Morgan fingerprint density at radius 1 is 1.18 bits per heavy atom. The van der Waals surface area contributed by atoms with Crippen molar-refractivity contribution in [3.8, 4) is 0 Å². The highest BCUT2D eigenvalue weighted by Gasteiger charge is 2.33. The quantitative estimate of drug-likeness (QED) is 0.525. The summed E-state index contributed by atoms with van der Waals surface area (Å²) in [7, 11) is 1.67. The molecule has 0 bridgehead atoms. The van der Waals surface area contributed by atoms with Crippen molar-refractivity contribution in [1.29, 1.82) is 0 Å². The second-order valence-electron chi connectivity index (χ2n) is 7.07. The maximum absolute atomic E-state index is 13.2. The Morgan fingerprint density at radius 2 is 2.04 bits per heavy atom. The minimum absolute atomic E-state index is 0.00259. The molecular weight excluding hydrogens is 372 g/mol. The number of aryl methyl sites for hydroxylation is 1. The Balaban J connectivity index is 1.50. The number of aromatic nitrogens is 3. The molecule has 4 aromatic rings. The van der Waals surface area contributed by atoms with Crippen molar-refractivity contribution < 1.29 is 4.79 Å². The third-order valence-corrected chi connectivity index (χ3v) is 6.41. The van der Waals surface area contributed by atoms with Gasteiger partial charge in [-0.25, -0.2) is 9.97 Å². The maximum Gasteiger partial charge on any atom is 0.260 e. The summed E-state index contributed by atoms with van der Waals surface area (Å²) < 4.78 is 2.58. The van der Waals surface area contributed by atoms with E-state index in [0.717, 1.165) is 28.1 Å². The molecule has 2 aromatic carbocycles. The molecular formula is C21H18N4O2S. The first-order chi connectivity index (χ1) is 13.6. The average Bonchev–Trinajstić information content (AvgIpc) is 3.36. The van der Waals surface area contributed by atoms with E-state index in [1.54, 1.807) is 36.6 Å². The van der Waals surface area contributed by atoms with Crippen molar-refractivity contribution in [2.45, 2.75) is 18.9 Å². The molecule has 3 heterocycles. The molecule has 140 valence electrons. The van der Waals surface area contributed by atoms with Crippen LogP contribution in [0, 0.1) is 0 Å². The molecule has 1 aliphatic rings. The Morgan fingerprint density at radius 3 is 2.89 bits per heavy atom. The number of carbonyl (C=O) groups excluding carboxylic acids is 1. The van der Waals surface area contributed by atoms with E-state index in [-0.39, 0.29) is 17.5 Å². The van der Waals surface area contributed by atoms with Crippen molar-refractivity contribution in [3.63, 3.8) is 0 Å². The van der Waals surface area contributed by atoms with Gasteiger partial charge >= 0.3 is 0 Å². The maximum atomic E-state index is 13.2. The van der Waals surface area contributed by atoms with Gasteiger partial charge in [-0.2, -0.15) is 0 Å². The van der Waals surface area contributed by atoms with E-state index in [2.05, 4.69) is 11.1 Å². The second kappa shape index (κ2) is 6.53. The molecule has 0 radical (unpaired) electrons. The van der Waals surface area contributed by atoms with Gasteiger partial charge in [0.2, 0.25) is 0 Å². The summed E-state index contributed by atoms with van der Waals surface area (Å²) >= 11 is 1.66. The summed E-state index contributed by atoms with van der Waals surface area (Å²) in [6, 6.07) is 13.2. The van der Waals surface area contributed by atoms with Crippen molar-refractivity contribution in [2.24, 2.45) is 7.05 Å². The van der Waals surface area contributed by atoms with Crippen LogP contribution in [-0.4, -0.2) is 31.9 Å². The molecule has 5 rings (SSSR count). The first-order valence-corrected chi connectivity index (χ1v) is 10.1. The zero-order valence-corrected chi connectivity index (χ0v) is 16.1. The minimum atomic E-state index is -0.113. The monoisotopic (exact) mass is 390 g/mol. The first-order valence-electron chi connectivity index (χ1n) is 9.23. The number of fused-ring (bicyclic) bond motifs is 2. The molecule has 0 saturated carbocycles. The number of para-hydroxylation sites is 1. The Hall–Kier alpha value is -3.06. The summed E-state index contributed by atoms with van der Waals surface area (Å²) in [5.41, 5.74) is 1.97. The average molecular weight is 390 g/mol. The molecule has 0 spiro atoms. The zero-order chi connectivity index (χ0) is 19.3. The van der Waals surface area contributed by atoms with Crippen LogP contribution in [0.15, 0.2) is 53.6 Å². The molecule has 1 amide bonds. The summed E-state index contributed by atoms with van der Waals surface area (Å²) in [6.07, 6.45) is 3.36. The standard InChI is InChI=1S/C21H18N4O2S/c1-24-12-22-16-11-13(8-9-14(16)21(24)27)20(26)25-10-4-6-17(25)19-23-15-5-2-3-7-18(15)28-19/h2-3,5,7-9,11-12,17H,4,6,10H2,1H3/t17-/m0/s1. The van der Waals surface area contributed by atoms with Crippen molar-refractivity contribution >= 4 is 38.4 Å². The van der Waals surface area contributed by atoms with Gasteiger partial charge in [0, 0.05) is 19.2 Å². The highest BCUT2D eigenvalue weighted by Crippen LogP contribution is 2.37. The van der Waals surface area contributed by atoms with E-state index in [0.29, 0.717) is 23.0 Å². The highest BCUT2D eigenvalue weighted by molar-refractivity contribution is 7.18. The van der Waals surface area contributed by atoms with E-state index < -0.39 is 0 Å². The lowest BCUT2D eigenvalue weighted by Gasteiger charge is -2.23. The lowest BCUT2D eigenvalue weighted by atomic mass is 10.1. The number of amides is 1. The van der Waals surface area contributed by atoms with Gasteiger partial charge in [-0.15, -0.1) is 11.3 Å². The third kappa shape index (κ3) is 2.70. The zero-order valence-electron chi connectivity index (χ0n) is 15.3. The van der Waals surface area contributed by atoms with Gasteiger partial charge in [0.05, 0.1) is 33.5 Å². The fraction of sp³-hybridized carbons (Fsp3) is 0.238. The lowest BCUT2D eigenvalue weighted by molar-refractivity contribution is 0.0735. The summed E-state index contributed by atoms with van der Waals surface area (Å²) in [6.45, 7) is 0.710. The van der Waals surface area contributed by atoms with Crippen molar-refractivity contribution in [3.05, 3.63) is 69.7 Å². The molecule has 7 heteroatoms. The number of likely N-dealkylation sites (tertiary alicyclic amines) is 1. The fourth-order valence-corrected chi connectivity index (χ4v) is 4.92. The van der Waals surface area contributed by atoms with E-state index in [9.17, 15) is 9.59 Å². The van der Waals surface area contributed by atoms with E-state index >= 15 is 0 Å². The van der Waals surface area contributed by atoms with E-state index in [1.807, 2.05) is 23.1 Å². The van der Waals surface area contributed by atoms with Crippen LogP contribution >= 0.6 is 11.3 Å². The van der Waals surface area contributed by atoms with Crippen LogP contribution in [0.4, 0.5) is 0 Å². The molecule has 0 unspecified atom stereocenters. The second-order valence-corrected chi connectivity index (χ2v) is 8.13. The normalized spacial score (nSPS) is 16.9. The first kappa shape index (κ1) is 17.1. The van der Waals surface area contributed by atoms with Gasteiger partial charge in [-0.05, 0) is 43.2 Å². The van der Waals surface area contributed by atoms with Gasteiger partial charge in [-0.3, -0.25) is 9.59 Å². The van der Waals surface area contributed by atoms with Crippen LogP contribution in [0.25, 0.3) is 21.1 Å². The smallest absolute Gasteiger partial charge is 0.260 e. The number of hydrogen-bond donors (Lipinski definition) is 0. The van der Waals surface area contributed by atoms with E-state index in [1.165, 1.54) is 10.9 Å². The van der Waals surface area contributed by atoms with Gasteiger partial charge in [0.25, 0.3) is 11.5 Å². The van der Waals surface area contributed by atoms with Crippen molar-refractivity contribution in [1.82, 2.24) is 19.4 Å². The fourth-order valence-electron chi connectivity index (χ4n) is 3.81. The SMILES string of the molecule is Cn1cnc2cc(C(=O)N3CCC[C@H]3c3nc4ccccc4s3)ccc2c1=O. The molecule has 6 nitrogen and oxygen atoms in total. The minimum Gasteiger partial charge on any atom is -0.329 e. The predicted molar refractivity (Wildman–Crippen MR) is 110 cm³/mol. The molecule has 1 saturated heterocycles. The highest BCUT2D eigenvalue weighted by atomic mass is 32.1. The summed E-state index contributed by atoms with van der Waals surface area (Å²) in [5.74, 6) is -0.0360. The Labute approximate surface area is 165 Å². The summed E-state index contributed by atoms with van der Waals surface area (Å²) in [4.78, 5) is 36.4. The molecule has 28 heavy (non-hydrogen) atoms. The van der Waals surface area contributed by atoms with Crippen LogP contribution < -0.4 is 5.56 Å². The molecule has 1 aliphatic heterocycles. The number of carbonyl (C=O) groups is 1. The number of thiazole rings is 1. The molecule has 1 atom stereocenters. The van der Waals surface area contributed by atoms with Crippen molar-refractivity contribution in [2.75, 3.05) is 6.54 Å². The van der Waals surface area contributed by atoms with Gasteiger partial charge < -0.3 is 9.47 Å². The molecule has 0 aliphatic carbocycles. The Bertz CT molecular complexity index is 1240.